The zero-order valence-corrected chi connectivity index (χ0v) is 8.00. The van der Waals surface area contributed by atoms with E-state index in [4.69, 9.17) is 17.5 Å². The van der Waals surface area contributed by atoms with Gasteiger partial charge >= 0.3 is 33.5 Å². The van der Waals surface area contributed by atoms with Crippen LogP contribution in [-0.4, -0.2) is 67.9 Å². The van der Waals surface area contributed by atoms with E-state index >= 15 is 0 Å². The van der Waals surface area contributed by atoms with Crippen LogP contribution in [0, 0.1) is 0 Å². The Labute approximate surface area is 77.6 Å². The minimum Gasteiger partial charge on any atom is -0.264 e. The molecule has 0 aliphatic rings. The maximum absolute atomic E-state index is 8.74. The molecular formula is H4MgO4STl. The van der Waals surface area contributed by atoms with E-state index in [9.17, 15) is 0 Å². The second-order valence-corrected chi connectivity index (χ2v) is 1.34. The van der Waals surface area contributed by atoms with Crippen LogP contribution in [0.4, 0.5) is 0 Å². The van der Waals surface area contributed by atoms with Gasteiger partial charge < -0.3 is 0 Å². The number of hydrogen-bond acceptors (Lipinski definition) is 2. The van der Waals surface area contributed by atoms with Crippen molar-refractivity contribution in [1.82, 2.24) is 0 Å². The molecule has 0 saturated heterocycles. The molecule has 0 spiro atoms. The monoisotopic (exact) mass is 329 g/mol. The molecule has 7 heavy (non-hydrogen) atoms. The summed E-state index contributed by atoms with van der Waals surface area (Å²) >= 11 is 0. The summed E-state index contributed by atoms with van der Waals surface area (Å²) in [5.74, 6) is 0. The summed E-state index contributed by atoms with van der Waals surface area (Å²) in [6, 6.07) is 0. The van der Waals surface area contributed by atoms with Crippen molar-refractivity contribution in [2.75, 3.05) is 0 Å². The fraction of sp³-hybridized carbons (Fsp3) is 0. The van der Waals surface area contributed by atoms with Crippen molar-refractivity contribution in [3.05, 3.63) is 0 Å². The number of rotatable bonds is 0. The molecule has 0 aliphatic carbocycles. The van der Waals surface area contributed by atoms with E-state index in [2.05, 4.69) is 0 Å². The second kappa shape index (κ2) is 5.69. The molecule has 39 valence electrons. The van der Waals surface area contributed by atoms with E-state index in [1.807, 2.05) is 0 Å². The molecule has 0 fully saturated rings. The van der Waals surface area contributed by atoms with Crippen molar-refractivity contribution in [2.24, 2.45) is 0 Å². The largest absolute Gasteiger partial charge is 0.394 e. The molecule has 4 nitrogen and oxygen atoms in total. The van der Waals surface area contributed by atoms with Crippen LogP contribution in [0.25, 0.3) is 0 Å². The minimum absolute atomic E-state index is 0. The molecule has 0 rings (SSSR count). The van der Waals surface area contributed by atoms with Crippen molar-refractivity contribution in [2.45, 2.75) is 0 Å². The molecule has 2 N–H and O–H groups in total. The smallest absolute Gasteiger partial charge is 0.264 e. The zero-order chi connectivity index (χ0) is 4.50. The minimum atomic E-state index is -4.67. The van der Waals surface area contributed by atoms with Crippen LogP contribution in [0.15, 0.2) is 0 Å². The molecule has 7 heteroatoms. The van der Waals surface area contributed by atoms with Crippen molar-refractivity contribution < 1.29 is 17.5 Å². The van der Waals surface area contributed by atoms with Crippen molar-refractivity contribution in [1.29, 1.82) is 0 Å². The summed E-state index contributed by atoms with van der Waals surface area (Å²) in [5.41, 5.74) is 0. The van der Waals surface area contributed by atoms with Gasteiger partial charge in [-0.25, -0.2) is 0 Å². The van der Waals surface area contributed by atoms with Gasteiger partial charge in [0.05, 0.1) is 0 Å². The molecule has 1 radical (unpaired) electrons. The van der Waals surface area contributed by atoms with Crippen LogP contribution in [0.3, 0.4) is 0 Å². The number of hydrogen-bond donors (Lipinski definition) is 2. The van der Waals surface area contributed by atoms with Gasteiger partial charge in [-0.2, -0.15) is 8.42 Å². The zero-order valence-electron chi connectivity index (χ0n) is 2.70. The fourth-order valence-electron chi connectivity index (χ4n) is 0. The summed E-state index contributed by atoms with van der Waals surface area (Å²) in [6.07, 6.45) is 0. The molecule has 0 heterocycles. The van der Waals surface area contributed by atoms with Gasteiger partial charge in [-0.1, -0.05) is 0 Å². The third kappa shape index (κ3) is 96.2. The van der Waals surface area contributed by atoms with Gasteiger partial charge in [0.1, 0.15) is 0 Å². The Morgan fingerprint density at radius 1 is 1.14 bits per heavy atom. The van der Waals surface area contributed by atoms with Gasteiger partial charge in [-0.05, 0) is 0 Å². The van der Waals surface area contributed by atoms with Crippen molar-refractivity contribution in [3.63, 3.8) is 0 Å². The first-order valence-electron chi connectivity index (χ1n) is 0.698. The Balaban J connectivity index is -0.0000000800. The summed E-state index contributed by atoms with van der Waals surface area (Å²) in [4.78, 5) is 0. The third-order valence-electron chi connectivity index (χ3n) is 0. The molecule has 0 unspecified atom stereocenters. The van der Waals surface area contributed by atoms with Gasteiger partial charge in [0.15, 0.2) is 0 Å². The van der Waals surface area contributed by atoms with E-state index in [0.717, 1.165) is 0 Å². The van der Waals surface area contributed by atoms with Gasteiger partial charge in [0.2, 0.25) is 0 Å². The van der Waals surface area contributed by atoms with Crippen LogP contribution < -0.4 is 0 Å². The molecule has 0 aromatic rings. The average molecular weight is 329 g/mol. The molecular weight excluding hydrogens is 325 g/mol. The molecule has 0 aliphatic heterocycles. The summed E-state index contributed by atoms with van der Waals surface area (Å²) in [7, 11) is -4.67. The summed E-state index contributed by atoms with van der Waals surface area (Å²) in [6.45, 7) is 0. The maximum atomic E-state index is 8.74. The van der Waals surface area contributed by atoms with Gasteiger partial charge in [0, 0.05) is 27.3 Å². The topological polar surface area (TPSA) is 74.6 Å². The molecule has 0 aromatic carbocycles. The first kappa shape index (κ1) is 15.8. The molecule has 0 bridgehead atoms. The van der Waals surface area contributed by atoms with Crippen LogP contribution in [0.5, 0.6) is 0 Å². The van der Waals surface area contributed by atoms with Crippen molar-refractivity contribution >= 4 is 60.8 Å². The predicted molar refractivity (Wildman–Crippen MR) is 28.5 cm³/mol. The Morgan fingerprint density at radius 2 is 1.14 bits per heavy atom. The van der Waals surface area contributed by atoms with Crippen LogP contribution in [-0.2, 0) is 10.4 Å². The van der Waals surface area contributed by atoms with Gasteiger partial charge in [-0.15, -0.1) is 0 Å². The average Bonchev–Trinajstić information content (AvgIpc) is 0.722. The maximum Gasteiger partial charge on any atom is 0.394 e. The molecule has 0 amide bonds. The quantitative estimate of drug-likeness (QED) is 0.400. The van der Waals surface area contributed by atoms with E-state index in [-0.39, 0.29) is 50.4 Å². The molecule has 0 aromatic heterocycles. The van der Waals surface area contributed by atoms with E-state index in [1.54, 1.807) is 0 Å². The SMILES string of the molecule is O=S(=O)(O)O.[MgH2].[Tl]. The first-order chi connectivity index (χ1) is 2.00. The first-order valence-corrected chi connectivity index (χ1v) is 2.10. The summed E-state index contributed by atoms with van der Waals surface area (Å²) in [5, 5.41) is 0. The van der Waals surface area contributed by atoms with Crippen LogP contribution in [0.2, 0.25) is 0 Å². The molecule has 0 saturated carbocycles. The fourth-order valence-corrected chi connectivity index (χ4v) is 0. The van der Waals surface area contributed by atoms with Gasteiger partial charge in [0.25, 0.3) is 0 Å². The third-order valence-corrected chi connectivity index (χ3v) is 0. The predicted octanol–water partition coefficient (Wildman–Crippen LogP) is -1.95. The Hall–Kier alpha value is 1.56. The summed E-state index contributed by atoms with van der Waals surface area (Å²) < 4.78 is 31.6. The van der Waals surface area contributed by atoms with Crippen molar-refractivity contribution in [3.8, 4) is 0 Å². The Morgan fingerprint density at radius 3 is 1.14 bits per heavy atom. The van der Waals surface area contributed by atoms with Crippen LogP contribution in [0.1, 0.15) is 0 Å². The van der Waals surface area contributed by atoms with E-state index < -0.39 is 10.4 Å². The Bertz CT molecular complexity index is 94.9. The standard InChI is InChI=1S/Mg.H2O4S.Tl.2H/c;1-5(2,3)4;;;/h;(H2,1,2,3,4);;;. The van der Waals surface area contributed by atoms with Crippen LogP contribution >= 0.6 is 0 Å². The van der Waals surface area contributed by atoms with E-state index in [0.29, 0.717) is 0 Å². The molecule has 0 atom stereocenters. The second-order valence-electron chi connectivity index (χ2n) is 0.448. The normalized spacial score (nSPS) is 8.29. The Kier molecular flexibility index (Phi) is 12.9. The van der Waals surface area contributed by atoms with E-state index in [1.165, 1.54) is 0 Å². The van der Waals surface area contributed by atoms with Gasteiger partial charge in [-0.3, -0.25) is 9.11 Å².